The van der Waals surface area contributed by atoms with Crippen LogP contribution in [0.15, 0.2) is 30.4 Å². The van der Waals surface area contributed by atoms with Crippen LogP contribution < -0.4 is 0 Å². The van der Waals surface area contributed by atoms with E-state index in [9.17, 15) is 4.39 Å². The van der Waals surface area contributed by atoms with E-state index >= 15 is 0 Å². The monoisotopic (exact) mass is 298 g/mol. The predicted molar refractivity (Wildman–Crippen MR) is 92.5 cm³/mol. The topological polar surface area (TPSA) is 0 Å². The highest BCUT2D eigenvalue weighted by Crippen LogP contribution is 2.39. The van der Waals surface area contributed by atoms with Crippen LogP contribution in [0.2, 0.25) is 0 Å². The Kier molecular flexibility index (Phi) is 4.81. The molecular formula is C21H27F. The van der Waals surface area contributed by atoms with Gasteiger partial charge in [-0.15, -0.1) is 6.58 Å². The number of halogens is 1. The summed E-state index contributed by atoms with van der Waals surface area (Å²) in [5.74, 6) is 1.13. The second-order valence-electron chi connectivity index (χ2n) is 6.94. The van der Waals surface area contributed by atoms with Crippen molar-refractivity contribution < 1.29 is 4.39 Å². The van der Waals surface area contributed by atoms with Gasteiger partial charge in [0.1, 0.15) is 5.82 Å². The van der Waals surface area contributed by atoms with Gasteiger partial charge in [0.05, 0.1) is 0 Å². The van der Waals surface area contributed by atoms with Crippen molar-refractivity contribution in [2.75, 3.05) is 0 Å². The zero-order chi connectivity index (χ0) is 15.5. The normalized spacial score (nSPS) is 24.5. The number of hydrogen-bond acceptors (Lipinski definition) is 0. The van der Waals surface area contributed by atoms with Gasteiger partial charge in [-0.3, -0.25) is 0 Å². The van der Waals surface area contributed by atoms with Crippen molar-refractivity contribution >= 4 is 6.08 Å². The fourth-order valence-electron chi connectivity index (χ4n) is 4.12. The number of rotatable bonds is 4. The molecular weight excluding hydrogens is 271 g/mol. The van der Waals surface area contributed by atoms with E-state index in [2.05, 4.69) is 37.8 Å². The largest absolute Gasteiger partial charge is 0.206 e. The van der Waals surface area contributed by atoms with Gasteiger partial charge in [-0.2, -0.15) is 0 Å². The van der Waals surface area contributed by atoms with Crippen molar-refractivity contribution in [1.82, 2.24) is 0 Å². The van der Waals surface area contributed by atoms with Gasteiger partial charge >= 0.3 is 0 Å². The van der Waals surface area contributed by atoms with E-state index < -0.39 is 0 Å². The number of allylic oxidation sites excluding steroid dienone is 2. The van der Waals surface area contributed by atoms with E-state index in [1.807, 2.05) is 0 Å². The van der Waals surface area contributed by atoms with Gasteiger partial charge in [-0.1, -0.05) is 43.2 Å². The SMILES string of the molecule is C=CC1CCC(c2ccc3c(c2F)CCC(CCC)=C3)CC1. The average Bonchev–Trinajstić information content (AvgIpc) is 2.56. The predicted octanol–water partition coefficient (Wildman–Crippen LogP) is 6.42. The Morgan fingerprint density at radius 3 is 2.64 bits per heavy atom. The molecule has 0 bridgehead atoms. The lowest BCUT2D eigenvalue weighted by atomic mass is 9.77. The fraction of sp³-hybridized carbons (Fsp3) is 0.524. The third-order valence-corrected chi connectivity index (χ3v) is 5.48. The standard InChI is InChI=1S/C21H27F/c1-3-5-16-8-12-20-18(14-16)11-13-19(21(20)22)17-9-6-15(4-2)7-10-17/h4,11,13-15,17H,2-3,5-10,12H2,1H3. The van der Waals surface area contributed by atoms with E-state index in [0.29, 0.717) is 11.8 Å². The molecule has 0 spiro atoms. The Morgan fingerprint density at radius 1 is 1.18 bits per heavy atom. The number of hydrogen-bond donors (Lipinski definition) is 0. The molecule has 1 heteroatoms. The molecule has 3 rings (SSSR count). The van der Waals surface area contributed by atoms with Crippen LogP contribution >= 0.6 is 0 Å². The molecule has 2 aliphatic rings. The molecule has 0 heterocycles. The van der Waals surface area contributed by atoms with Crippen LogP contribution in [0, 0.1) is 11.7 Å². The Hall–Kier alpha value is -1.37. The quantitative estimate of drug-likeness (QED) is 0.563. The summed E-state index contributed by atoms with van der Waals surface area (Å²) >= 11 is 0. The maximum Gasteiger partial charge on any atom is 0.130 e. The Morgan fingerprint density at radius 2 is 1.95 bits per heavy atom. The van der Waals surface area contributed by atoms with E-state index in [0.717, 1.165) is 61.6 Å². The fourth-order valence-corrected chi connectivity index (χ4v) is 4.12. The minimum absolute atomic E-state index is 0.0892. The summed E-state index contributed by atoms with van der Waals surface area (Å²) in [5.41, 5.74) is 4.53. The first-order valence-electron chi connectivity index (χ1n) is 8.86. The van der Waals surface area contributed by atoms with E-state index in [4.69, 9.17) is 0 Å². The summed E-state index contributed by atoms with van der Waals surface area (Å²) in [7, 11) is 0. The lowest BCUT2D eigenvalue weighted by molar-refractivity contribution is 0.368. The van der Waals surface area contributed by atoms with Gasteiger partial charge in [-0.05, 0) is 73.5 Å². The van der Waals surface area contributed by atoms with Crippen molar-refractivity contribution in [2.45, 2.75) is 64.2 Å². The maximum absolute atomic E-state index is 15.0. The van der Waals surface area contributed by atoms with Crippen LogP contribution in [-0.4, -0.2) is 0 Å². The molecule has 118 valence electrons. The van der Waals surface area contributed by atoms with E-state index in [-0.39, 0.29) is 5.82 Å². The van der Waals surface area contributed by atoms with Crippen LogP contribution in [0.4, 0.5) is 4.39 Å². The smallest absolute Gasteiger partial charge is 0.130 e. The molecule has 0 nitrogen and oxygen atoms in total. The van der Waals surface area contributed by atoms with Crippen molar-refractivity contribution in [3.63, 3.8) is 0 Å². The third kappa shape index (κ3) is 3.04. The molecule has 0 radical (unpaired) electrons. The van der Waals surface area contributed by atoms with Crippen LogP contribution in [-0.2, 0) is 6.42 Å². The van der Waals surface area contributed by atoms with Crippen molar-refractivity contribution in [2.24, 2.45) is 5.92 Å². The summed E-state index contributed by atoms with van der Waals surface area (Å²) in [6.45, 7) is 6.11. The highest BCUT2D eigenvalue weighted by Gasteiger charge is 2.25. The van der Waals surface area contributed by atoms with Gasteiger partial charge < -0.3 is 0 Å². The summed E-state index contributed by atoms with van der Waals surface area (Å²) in [5, 5.41) is 0. The first-order chi connectivity index (χ1) is 10.7. The molecule has 22 heavy (non-hydrogen) atoms. The van der Waals surface area contributed by atoms with Crippen molar-refractivity contribution in [3.8, 4) is 0 Å². The first kappa shape index (κ1) is 15.5. The van der Waals surface area contributed by atoms with Crippen LogP contribution in [0.3, 0.4) is 0 Å². The number of fused-ring (bicyclic) bond motifs is 1. The second-order valence-corrected chi connectivity index (χ2v) is 6.94. The molecule has 0 aliphatic heterocycles. The molecule has 1 saturated carbocycles. The molecule has 1 aromatic carbocycles. The first-order valence-corrected chi connectivity index (χ1v) is 8.86. The molecule has 0 unspecified atom stereocenters. The Balaban J connectivity index is 1.83. The molecule has 0 aromatic heterocycles. The lowest BCUT2D eigenvalue weighted by Gasteiger charge is -2.28. The van der Waals surface area contributed by atoms with Crippen LogP contribution in [0.5, 0.6) is 0 Å². The van der Waals surface area contributed by atoms with Gasteiger partial charge in [0.2, 0.25) is 0 Å². The third-order valence-electron chi connectivity index (χ3n) is 5.48. The molecule has 1 fully saturated rings. The minimum atomic E-state index is 0.0892. The average molecular weight is 298 g/mol. The maximum atomic E-state index is 15.0. The molecule has 0 amide bonds. The highest BCUT2D eigenvalue weighted by atomic mass is 19.1. The lowest BCUT2D eigenvalue weighted by Crippen LogP contribution is -2.14. The Labute approximate surface area is 134 Å². The highest BCUT2D eigenvalue weighted by molar-refractivity contribution is 5.61. The Bertz CT molecular complexity index is 574. The molecule has 0 saturated heterocycles. The van der Waals surface area contributed by atoms with Gasteiger partial charge in [0, 0.05) is 0 Å². The van der Waals surface area contributed by atoms with Crippen LogP contribution in [0.25, 0.3) is 6.08 Å². The van der Waals surface area contributed by atoms with E-state index in [1.165, 1.54) is 12.0 Å². The zero-order valence-corrected chi connectivity index (χ0v) is 13.7. The van der Waals surface area contributed by atoms with Gasteiger partial charge in [0.25, 0.3) is 0 Å². The summed E-state index contributed by atoms with van der Waals surface area (Å²) < 4.78 is 15.0. The number of benzene rings is 1. The second kappa shape index (κ2) is 6.81. The summed E-state index contributed by atoms with van der Waals surface area (Å²) in [6, 6.07) is 4.21. The van der Waals surface area contributed by atoms with Gasteiger partial charge in [0.15, 0.2) is 0 Å². The zero-order valence-electron chi connectivity index (χ0n) is 13.7. The van der Waals surface area contributed by atoms with Crippen molar-refractivity contribution in [1.29, 1.82) is 0 Å². The summed E-state index contributed by atoms with van der Waals surface area (Å²) in [4.78, 5) is 0. The van der Waals surface area contributed by atoms with Crippen LogP contribution in [0.1, 0.15) is 74.5 Å². The molecule has 0 atom stereocenters. The van der Waals surface area contributed by atoms with Gasteiger partial charge in [-0.25, -0.2) is 4.39 Å². The summed E-state index contributed by atoms with van der Waals surface area (Å²) in [6.07, 6.45) is 13.0. The molecule has 1 aromatic rings. The van der Waals surface area contributed by atoms with E-state index in [1.54, 1.807) is 0 Å². The molecule has 0 N–H and O–H groups in total. The van der Waals surface area contributed by atoms with Crippen molar-refractivity contribution in [3.05, 3.63) is 52.9 Å². The minimum Gasteiger partial charge on any atom is -0.206 e. The molecule has 2 aliphatic carbocycles.